The molecule has 3 aromatic rings. The Labute approximate surface area is 205 Å². The molecule has 3 N–H and O–H groups in total. The van der Waals surface area contributed by atoms with Crippen molar-refractivity contribution in [3.8, 4) is 10.7 Å². The van der Waals surface area contributed by atoms with Crippen LogP contribution in [-0.4, -0.2) is 54.8 Å². The van der Waals surface area contributed by atoms with E-state index in [0.717, 1.165) is 19.4 Å². The summed E-state index contributed by atoms with van der Waals surface area (Å²) in [5.41, 5.74) is 0.743. The van der Waals surface area contributed by atoms with Crippen molar-refractivity contribution in [3.05, 3.63) is 29.7 Å². The van der Waals surface area contributed by atoms with Crippen LogP contribution in [0.5, 0.6) is 0 Å². The van der Waals surface area contributed by atoms with E-state index in [4.69, 9.17) is 4.52 Å². The topological polar surface area (TPSA) is 75.0 Å². The molecule has 198 valence electrons. The van der Waals surface area contributed by atoms with E-state index in [2.05, 4.69) is 26.1 Å². The van der Waals surface area contributed by atoms with Crippen LogP contribution in [0.15, 0.2) is 22.7 Å². The number of thiophene rings is 1. The summed E-state index contributed by atoms with van der Waals surface area (Å²) in [6.07, 6.45) is -4.16. The Kier molecular flexibility index (Phi) is 8.35. The van der Waals surface area contributed by atoms with E-state index in [1.165, 1.54) is 11.3 Å². The molecule has 0 saturated carbocycles. The van der Waals surface area contributed by atoms with E-state index in [-0.39, 0.29) is 24.0 Å². The first-order valence-corrected chi connectivity index (χ1v) is 12.2. The fourth-order valence-corrected chi connectivity index (χ4v) is 5.61. The van der Waals surface area contributed by atoms with Crippen LogP contribution in [0, 0.1) is 0 Å². The molecule has 2 aliphatic heterocycles. The summed E-state index contributed by atoms with van der Waals surface area (Å²) in [6.45, 7) is -1.89. The molecule has 0 spiro atoms. The monoisotopic (exact) mass is 539 g/mol. The predicted octanol–water partition coefficient (Wildman–Crippen LogP) is 5.77. The number of nitrogens with zero attached hydrogens (tertiary/aromatic N) is 2. The van der Waals surface area contributed by atoms with E-state index in [0.29, 0.717) is 39.5 Å². The predicted molar refractivity (Wildman–Crippen MR) is 122 cm³/mol. The smallest absolute Gasteiger partial charge is 0.378 e. The standard InChI is InChI=1S/C21H23F4N5OS.CHF3/c22-13-10-26-8-6-14(13)28-15-4-1-3-11-12(9-21(23,24)25)18(32-17(11)15)19-29-20(31-30-19)16-5-2-7-27-16;2-1(3)4/h1,3-4,13-14,16,26-28H,2,5-10H2;1H. The first kappa shape index (κ1) is 26.6. The number of benzene rings is 1. The molecule has 14 heteroatoms. The second kappa shape index (κ2) is 11.3. The van der Waals surface area contributed by atoms with E-state index < -0.39 is 31.5 Å². The van der Waals surface area contributed by atoms with Crippen molar-refractivity contribution in [2.45, 2.75) is 56.8 Å². The Morgan fingerprint density at radius 2 is 1.94 bits per heavy atom. The van der Waals surface area contributed by atoms with Gasteiger partial charge in [0, 0.05) is 6.54 Å². The third-order valence-corrected chi connectivity index (χ3v) is 7.22. The molecular formula is C22H24F7N5OS. The second-order valence-electron chi connectivity index (χ2n) is 8.50. The number of hydrogen-bond donors (Lipinski definition) is 3. The van der Waals surface area contributed by atoms with Gasteiger partial charge in [-0.2, -0.15) is 31.3 Å². The minimum Gasteiger partial charge on any atom is -0.378 e. The Hall–Kier alpha value is -2.45. The molecule has 3 unspecified atom stereocenters. The van der Waals surface area contributed by atoms with Crippen LogP contribution in [0.1, 0.15) is 36.8 Å². The highest BCUT2D eigenvalue weighted by Crippen LogP contribution is 2.44. The number of nitrogens with one attached hydrogen (secondary N) is 3. The lowest BCUT2D eigenvalue weighted by molar-refractivity contribution is -0.126. The van der Waals surface area contributed by atoms with Crippen LogP contribution in [0.25, 0.3) is 20.8 Å². The van der Waals surface area contributed by atoms with Gasteiger partial charge in [0.05, 0.1) is 33.8 Å². The fraction of sp³-hybridized carbons (Fsp3) is 0.545. The van der Waals surface area contributed by atoms with Crippen LogP contribution < -0.4 is 16.0 Å². The average Bonchev–Trinajstić information content (AvgIpc) is 3.54. The molecule has 0 bridgehead atoms. The number of aromatic nitrogens is 2. The van der Waals surface area contributed by atoms with Crippen molar-refractivity contribution in [1.29, 1.82) is 0 Å². The molecule has 2 aromatic heterocycles. The van der Waals surface area contributed by atoms with E-state index in [9.17, 15) is 30.7 Å². The number of alkyl halides is 7. The maximum absolute atomic E-state index is 14.3. The van der Waals surface area contributed by atoms with Gasteiger partial charge in [0.1, 0.15) is 6.17 Å². The van der Waals surface area contributed by atoms with Gasteiger partial charge < -0.3 is 20.5 Å². The maximum Gasteiger partial charge on any atom is 0.393 e. The quantitative estimate of drug-likeness (QED) is 0.358. The normalized spacial score (nSPS) is 22.6. The molecular weight excluding hydrogens is 515 g/mol. The van der Waals surface area contributed by atoms with Crippen molar-refractivity contribution < 1.29 is 35.3 Å². The van der Waals surface area contributed by atoms with E-state index in [1.807, 2.05) is 0 Å². The summed E-state index contributed by atoms with van der Waals surface area (Å²) >= 11 is 1.18. The van der Waals surface area contributed by atoms with Crippen LogP contribution in [0.3, 0.4) is 0 Å². The minimum absolute atomic E-state index is 0.0738. The minimum atomic E-state index is -4.40. The highest BCUT2D eigenvalue weighted by Gasteiger charge is 2.34. The van der Waals surface area contributed by atoms with Gasteiger partial charge in [0.25, 0.3) is 0 Å². The zero-order valence-corrected chi connectivity index (χ0v) is 19.7. The summed E-state index contributed by atoms with van der Waals surface area (Å²) < 4.78 is 89.8. The highest BCUT2D eigenvalue weighted by atomic mass is 32.1. The van der Waals surface area contributed by atoms with Crippen molar-refractivity contribution in [2.75, 3.05) is 25.0 Å². The molecule has 0 amide bonds. The highest BCUT2D eigenvalue weighted by molar-refractivity contribution is 7.23. The van der Waals surface area contributed by atoms with Gasteiger partial charge in [-0.1, -0.05) is 17.3 Å². The molecule has 4 heterocycles. The van der Waals surface area contributed by atoms with Crippen LogP contribution >= 0.6 is 11.3 Å². The van der Waals surface area contributed by atoms with Crippen molar-refractivity contribution in [3.63, 3.8) is 0 Å². The summed E-state index contributed by atoms with van der Waals surface area (Å²) in [5.74, 6) is 0.548. The van der Waals surface area contributed by atoms with Gasteiger partial charge in [0.2, 0.25) is 11.7 Å². The maximum atomic E-state index is 14.3. The molecule has 0 aliphatic carbocycles. The Morgan fingerprint density at radius 3 is 2.61 bits per heavy atom. The molecule has 3 atom stereocenters. The number of anilines is 1. The first-order valence-electron chi connectivity index (χ1n) is 11.3. The molecule has 2 saturated heterocycles. The molecule has 6 nitrogen and oxygen atoms in total. The van der Waals surface area contributed by atoms with Crippen LogP contribution in [0.4, 0.5) is 36.4 Å². The Morgan fingerprint density at radius 1 is 1.17 bits per heavy atom. The molecule has 0 radical (unpaired) electrons. The number of fused-ring (bicyclic) bond motifs is 1. The van der Waals surface area contributed by atoms with Crippen molar-refractivity contribution >= 4 is 27.1 Å². The average molecular weight is 540 g/mol. The Bertz CT molecular complexity index is 1140. The SMILES string of the molecule is FC(F)F.FC1CNCCC1Nc1cccc2c(CC(F)(F)F)c(-c3noc(C4CCCN4)n3)sc12. The van der Waals surface area contributed by atoms with Gasteiger partial charge >= 0.3 is 12.9 Å². The summed E-state index contributed by atoms with van der Waals surface area (Å²) in [4.78, 5) is 4.75. The van der Waals surface area contributed by atoms with Crippen LogP contribution in [0.2, 0.25) is 0 Å². The molecule has 5 rings (SSSR count). The van der Waals surface area contributed by atoms with E-state index in [1.54, 1.807) is 18.2 Å². The third kappa shape index (κ3) is 6.45. The fourth-order valence-electron chi connectivity index (χ4n) is 4.39. The Balaban J connectivity index is 0.000000709. The molecule has 2 fully saturated rings. The van der Waals surface area contributed by atoms with Gasteiger partial charge in [0.15, 0.2) is 0 Å². The lowest BCUT2D eigenvalue weighted by Gasteiger charge is -2.28. The van der Waals surface area contributed by atoms with Crippen molar-refractivity contribution in [1.82, 2.24) is 20.8 Å². The number of rotatable bonds is 5. The molecule has 2 aliphatic rings. The summed E-state index contributed by atoms with van der Waals surface area (Å²) in [6, 6.07) is 4.66. The summed E-state index contributed by atoms with van der Waals surface area (Å²) in [5, 5.41) is 14.0. The van der Waals surface area contributed by atoms with Gasteiger partial charge in [-0.3, -0.25) is 0 Å². The molecule has 36 heavy (non-hydrogen) atoms. The first-order chi connectivity index (χ1) is 17.1. The van der Waals surface area contributed by atoms with Crippen molar-refractivity contribution in [2.24, 2.45) is 0 Å². The molecule has 1 aromatic carbocycles. The lowest BCUT2D eigenvalue weighted by atomic mass is 10.0. The number of piperidine rings is 1. The zero-order chi connectivity index (χ0) is 25.9. The lowest BCUT2D eigenvalue weighted by Crippen LogP contribution is -2.45. The zero-order valence-electron chi connectivity index (χ0n) is 18.8. The number of hydrogen-bond acceptors (Lipinski definition) is 7. The van der Waals surface area contributed by atoms with Gasteiger partial charge in [-0.25, -0.2) is 4.39 Å². The largest absolute Gasteiger partial charge is 0.393 e. The van der Waals surface area contributed by atoms with Crippen LogP contribution in [-0.2, 0) is 6.42 Å². The van der Waals surface area contributed by atoms with E-state index >= 15 is 0 Å². The third-order valence-electron chi connectivity index (χ3n) is 5.95. The number of halogens is 7. The second-order valence-corrected chi connectivity index (χ2v) is 9.52. The summed E-state index contributed by atoms with van der Waals surface area (Å²) in [7, 11) is 0. The van der Waals surface area contributed by atoms with Gasteiger partial charge in [-0.05, 0) is 49.4 Å². The van der Waals surface area contributed by atoms with Gasteiger partial charge in [-0.15, -0.1) is 11.3 Å².